The van der Waals surface area contributed by atoms with Gasteiger partial charge in [-0.1, -0.05) is 58.0 Å². The molecule has 1 aromatic rings. The Bertz CT molecular complexity index is 3680. The maximum Gasteiger partial charge on any atom is 0.407 e. The molecule has 1 aromatic carbocycles. The summed E-state index contributed by atoms with van der Waals surface area (Å²) < 4.78 is 32.3. The summed E-state index contributed by atoms with van der Waals surface area (Å²) in [6.45, 7) is 31.5. The van der Waals surface area contributed by atoms with Gasteiger partial charge in [-0.2, -0.15) is 0 Å². The van der Waals surface area contributed by atoms with Gasteiger partial charge >= 0.3 is 36.4 Å². The quantitative estimate of drug-likeness (QED) is 0.0349. The van der Waals surface area contributed by atoms with Crippen LogP contribution in [0.5, 0.6) is 0 Å². The van der Waals surface area contributed by atoms with Crippen molar-refractivity contribution in [3.05, 3.63) is 35.9 Å². The Balaban J connectivity index is 3.13. The fourth-order valence-electron chi connectivity index (χ4n) is 11.2. The normalized spacial score (nSPS) is 20.0. The lowest BCUT2D eigenvalue weighted by molar-refractivity contribution is -0.154. The molecule has 122 heavy (non-hydrogen) atoms. The summed E-state index contributed by atoms with van der Waals surface area (Å²) in [5, 5.41) is 62.8. The van der Waals surface area contributed by atoms with Gasteiger partial charge in [-0.3, -0.25) is 57.5 Å². The van der Waals surface area contributed by atoms with Crippen LogP contribution < -0.4 is 85.1 Å². The Kier molecular flexibility index (Phi) is 44.4. The van der Waals surface area contributed by atoms with Gasteiger partial charge in [-0.25, -0.2) is 24.0 Å². The molecule has 41 heteroatoms. The van der Waals surface area contributed by atoms with Crippen LogP contribution in [0.4, 0.5) is 24.0 Å². The molecule has 0 aromatic heterocycles. The van der Waals surface area contributed by atoms with Crippen LogP contribution in [-0.4, -0.2) is 258 Å². The molecule has 1 aliphatic rings. The van der Waals surface area contributed by atoms with Crippen molar-refractivity contribution in [3.63, 3.8) is 0 Å². The number of esters is 1. The number of nitrogens with one attached hydrogen (secondary N) is 16. The number of rotatable bonds is 33. The number of alkyl carbamates (subject to hydrolysis) is 5. The van der Waals surface area contributed by atoms with Gasteiger partial charge in [0.05, 0.1) is 24.5 Å². The molecule has 0 bridgehead atoms. The molecule has 1 heterocycles. The Morgan fingerprint density at radius 1 is 0.451 bits per heavy atom. The molecule has 1 saturated heterocycles. The molecule has 0 aliphatic carbocycles. The van der Waals surface area contributed by atoms with E-state index < -0.39 is 285 Å². The summed E-state index contributed by atoms with van der Waals surface area (Å²) in [5.41, 5.74) is -4.60. The van der Waals surface area contributed by atoms with Gasteiger partial charge < -0.3 is 124 Å². The van der Waals surface area contributed by atoms with Gasteiger partial charge in [0.15, 0.2) is 0 Å². The molecule has 1 aliphatic heterocycles. The first-order chi connectivity index (χ1) is 56.3. The smallest absolute Gasteiger partial charge is 0.407 e. The average Bonchev–Trinajstić information content (AvgIpc) is 1.48. The van der Waals surface area contributed by atoms with Crippen LogP contribution in [0.1, 0.15) is 216 Å². The van der Waals surface area contributed by atoms with E-state index in [-0.39, 0.29) is 32.4 Å². The molecule has 0 radical (unpaired) electrons. The highest BCUT2D eigenvalue weighted by Gasteiger charge is 2.40. The Morgan fingerprint density at radius 2 is 0.828 bits per heavy atom. The van der Waals surface area contributed by atoms with Crippen LogP contribution in [0.2, 0.25) is 0 Å². The summed E-state index contributed by atoms with van der Waals surface area (Å²) in [4.78, 5) is 241. The minimum absolute atomic E-state index is 0.135. The van der Waals surface area contributed by atoms with Crippen LogP contribution in [0, 0.1) is 11.8 Å². The van der Waals surface area contributed by atoms with Gasteiger partial charge in [0, 0.05) is 45.7 Å². The first-order valence-electron chi connectivity index (χ1n) is 41.1. The molecular weight excluding hydrogens is 1600 g/mol. The lowest BCUT2D eigenvalue weighted by Gasteiger charge is -2.29. The highest BCUT2D eigenvalue weighted by molar-refractivity contribution is 5.99. The summed E-state index contributed by atoms with van der Waals surface area (Å²) in [7, 11) is 0. The van der Waals surface area contributed by atoms with E-state index in [1.54, 1.807) is 162 Å². The second-order valence-electron chi connectivity index (χ2n) is 35.2. The van der Waals surface area contributed by atoms with Gasteiger partial charge in [-0.15, -0.1) is 0 Å². The lowest BCUT2D eigenvalue weighted by atomic mass is 10.00. The third kappa shape index (κ3) is 45.1. The predicted octanol–water partition coefficient (Wildman–Crippen LogP) is 1.35. The monoisotopic (exact) mass is 1730 g/mol. The molecule has 690 valence electrons. The molecule has 2 rings (SSSR count). The van der Waals surface area contributed by atoms with Gasteiger partial charge in [0.2, 0.25) is 65.0 Å². The number of aliphatic hydroxyl groups is 2. The number of hydrogen-bond donors (Lipinski definition) is 18. The fourth-order valence-corrected chi connectivity index (χ4v) is 11.2. The summed E-state index contributed by atoms with van der Waals surface area (Å²) in [5.74, 6) is -13.8. The number of carbonyl (C=O) groups excluding carboxylic acids is 17. The standard InChI is InChI=1S/C81H136N16O25/c1-23-45(4)71(111)117-46(5)42-58(100)88-50(30-36-83-72(112)118-77(8,9)10)65(105)97-60(48(7)99)70(110)93-54(33-39-86-75(115)121-80(17,18)19)63(103)89-51-29-35-82-69(109)59(47(6)98)96-66(106)55(34-40-87-76(116)122-81(20,21)22)91-62(102)52(31-37-84-73(113)119-78(11,12)13)92-67(107)56(41-44(2)3)94-68(108)57(43-49-27-25-24-26-28-49)95-64(104)53(90-61(51)101)32-38-85-74(114)120-79(14,15)16/h24-28,44-48,50-57,59-60,98-99H,23,29-43H2,1-22H3,(H,82,109)(H,83,112)(H,84,113)(H,85,114)(H,86,115)(H,87,116)(H,88,100)(H,89,103)(H,90,101)(H,91,102)(H,92,107)(H,93,110)(H,94,108)(H,95,104)(H,96,106)(H,97,105)/t45?,46?,47?,48?,50-,51-,52-,53-,54-,55-,56-,57+,59-,60-/m0/s1. The molecule has 41 nitrogen and oxygen atoms in total. The van der Waals surface area contributed by atoms with E-state index in [0.29, 0.717) is 12.0 Å². The number of amides is 16. The molecule has 18 N–H and O–H groups in total. The first-order valence-corrected chi connectivity index (χ1v) is 41.1. The zero-order valence-corrected chi connectivity index (χ0v) is 74.6. The first kappa shape index (κ1) is 107. The largest absolute Gasteiger partial charge is 0.462 e. The Morgan fingerprint density at radius 3 is 1.23 bits per heavy atom. The minimum Gasteiger partial charge on any atom is -0.462 e. The van der Waals surface area contributed by atoms with E-state index in [1.165, 1.54) is 6.92 Å². The van der Waals surface area contributed by atoms with Crippen LogP contribution in [-0.2, 0) is 92.4 Å². The van der Waals surface area contributed by atoms with Crippen molar-refractivity contribution in [1.29, 1.82) is 0 Å². The number of aliphatic hydroxyl groups excluding tert-OH is 2. The Hall–Kier alpha value is -10.9. The van der Waals surface area contributed by atoms with Crippen LogP contribution >= 0.6 is 0 Å². The Labute approximate surface area is 714 Å². The number of benzene rings is 1. The summed E-state index contributed by atoms with van der Waals surface area (Å²) in [6, 6.07) is -9.74. The number of ether oxygens (including phenoxy) is 6. The highest BCUT2D eigenvalue weighted by Crippen LogP contribution is 2.17. The van der Waals surface area contributed by atoms with Crippen LogP contribution in [0.25, 0.3) is 0 Å². The van der Waals surface area contributed by atoms with E-state index in [1.807, 2.05) is 0 Å². The fraction of sp³-hybridized carbons (Fsp3) is 0.716. The maximum atomic E-state index is 15.4. The van der Waals surface area contributed by atoms with Crippen molar-refractivity contribution in [2.24, 2.45) is 11.8 Å². The van der Waals surface area contributed by atoms with Crippen molar-refractivity contribution >= 4 is 101 Å². The van der Waals surface area contributed by atoms with Crippen molar-refractivity contribution < 1.29 is 120 Å². The topological polar surface area (TPSA) is 579 Å². The van der Waals surface area contributed by atoms with Crippen molar-refractivity contribution in [2.75, 3.05) is 39.3 Å². The van der Waals surface area contributed by atoms with E-state index >= 15 is 19.2 Å². The van der Waals surface area contributed by atoms with Crippen LogP contribution in [0.3, 0.4) is 0 Å². The van der Waals surface area contributed by atoms with Gasteiger partial charge in [0.25, 0.3) is 0 Å². The van der Waals surface area contributed by atoms with E-state index in [0.717, 1.165) is 13.8 Å². The number of hydrogen-bond acceptors (Lipinski definition) is 25. The number of carbonyl (C=O) groups is 17. The SMILES string of the molecule is CCC(C)C(=O)OC(C)CC(=O)N[C@@H](CCNC(=O)OC(C)(C)C)C(=O)N[C@H](C(=O)N[C@@H](CCNC(=O)OC(C)(C)C)C(=O)N[C@H]1CCNC(=O)[C@H](C(C)O)NC(=O)[C@H](CCNC(=O)OC(C)(C)C)NC(=O)[C@H](CCNC(=O)OC(C)(C)C)NC(=O)[C@H](CC(C)C)NC(=O)[C@@H](Cc2ccccc2)NC(=O)[C@H](CCNC(=O)OC(C)(C)C)NC1=O)C(C)O. The molecule has 4 unspecified atom stereocenters. The average molecular weight is 1730 g/mol. The van der Waals surface area contributed by atoms with Crippen LogP contribution in [0.15, 0.2) is 30.3 Å². The molecule has 14 atom stereocenters. The predicted molar refractivity (Wildman–Crippen MR) is 444 cm³/mol. The van der Waals surface area contributed by atoms with E-state index in [4.69, 9.17) is 28.4 Å². The van der Waals surface area contributed by atoms with Gasteiger partial charge in [0.1, 0.15) is 94.5 Å². The zero-order chi connectivity index (χ0) is 93.0. The third-order valence-corrected chi connectivity index (χ3v) is 17.2. The second kappa shape index (κ2) is 50.5. The van der Waals surface area contributed by atoms with Crippen molar-refractivity contribution in [2.45, 2.75) is 323 Å². The summed E-state index contributed by atoms with van der Waals surface area (Å²) in [6.07, 6.45) is -12.9. The molecule has 0 spiro atoms. The molecule has 16 amide bonds. The molecule has 0 saturated carbocycles. The van der Waals surface area contributed by atoms with E-state index in [2.05, 4.69) is 85.1 Å². The minimum atomic E-state index is -2.02. The highest BCUT2D eigenvalue weighted by atomic mass is 16.6. The lowest BCUT2D eigenvalue weighted by Crippen LogP contribution is -2.62. The summed E-state index contributed by atoms with van der Waals surface area (Å²) >= 11 is 0. The van der Waals surface area contributed by atoms with Crippen molar-refractivity contribution in [3.8, 4) is 0 Å². The zero-order valence-electron chi connectivity index (χ0n) is 74.6. The maximum absolute atomic E-state index is 15.4. The molecular formula is C81H136N16O25. The third-order valence-electron chi connectivity index (χ3n) is 17.2. The van der Waals surface area contributed by atoms with Gasteiger partial charge in [-0.05, 0) is 187 Å². The van der Waals surface area contributed by atoms with Crippen molar-refractivity contribution in [1.82, 2.24) is 85.1 Å². The van der Waals surface area contributed by atoms with E-state index in [9.17, 15) is 72.5 Å². The second-order valence-corrected chi connectivity index (χ2v) is 35.2. The molecule has 1 fully saturated rings.